The number of aromatic nitrogens is 1. The molecule has 1 aliphatic rings. The summed E-state index contributed by atoms with van der Waals surface area (Å²) in [5.74, 6) is -0.0545. The van der Waals surface area contributed by atoms with Gasteiger partial charge in [0.15, 0.2) is 4.80 Å². The van der Waals surface area contributed by atoms with Gasteiger partial charge in [-0.05, 0) is 26.2 Å². The van der Waals surface area contributed by atoms with Crippen LogP contribution in [0.4, 0.5) is 4.79 Å². The molecule has 8 nitrogen and oxygen atoms in total. The summed E-state index contributed by atoms with van der Waals surface area (Å²) in [6.45, 7) is 15.0. The normalized spacial score (nSPS) is 17.7. The number of nitrogens with zero attached hydrogens (tertiary/aromatic N) is 4. The fourth-order valence-corrected chi connectivity index (χ4v) is 4.21. The highest BCUT2D eigenvalue weighted by Crippen LogP contribution is 2.23. The number of piperazine rings is 1. The first kappa shape index (κ1) is 24.4. The number of thiazole rings is 1. The highest BCUT2D eigenvalue weighted by atomic mass is 32.1. The van der Waals surface area contributed by atoms with Gasteiger partial charge in [0.1, 0.15) is 11.6 Å². The van der Waals surface area contributed by atoms with Crippen LogP contribution in [0.2, 0.25) is 0 Å². The molecule has 2 rings (SSSR count). The molecule has 0 aliphatic carbocycles. The van der Waals surface area contributed by atoms with Crippen LogP contribution < -0.4 is 10.1 Å². The Balaban J connectivity index is 1.98. The predicted molar refractivity (Wildman–Crippen MR) is 119 cm³/mol. The number of rotatable bonds is 4. The summed E-state index contributed by atoms with van der Waals surface area (Å²) in [6.07, 6.45) is -0.559. The summed E-state index contributed by atoms with van der Waals surface area (Å²) in [5, 5.41) is 4.94. The van der Waals surface area contributed by atoms with Crippen molar-refractivity contribution in [1.29, 1.82) is 0 Å². The first-order valence-corrected chi connectivity index (χ1v) is 11.3. The van der Waals surface area contributed by atoms with Crippen molar-refractivity contribution in [1.82, 2.24) is 19.7 Å². The molecule has 2 amide bonds. The second-order valence-corrected chi connectivity index (χ2v) is 10.7. The SMILES string of the molecule is CN=c1scc(CN2CCN(C(=O)[C@H](NC(=O)OC(C)(C)C)C(C)(C)C)CC2)n1C. The third kappa shape index (κ3) is 6.57. The molecule has 170 valence electrons. The van der Waals surface area contributed by atoms with Crippen LogP contribution >= 0.6 is 11.3 Å². The van der Waals surface area contributed by atoms with Crippen LogP contribution in [0.3, 0.4) is 0 Å². The molecule has 9 heteroatoms. The van der Waals surface area contributed by atoms with E-state index in [0.29, 0.717) is 13.1 Å². The molecule has 30 heavy (non-hydrogen) atoms. The fraction of sp³-hybridized carbons (Fsp3) is 0.762. The highest BCUT2D eigenvalue weighted by Gasteiger charge is 2.37. The van der Waals surface area contributed by atoms with Gasteiger partial charge >= 0.3 is 6.09 Å². The number of ether oxygens (including phenoxy) is 1. The number of alkyl carbamates (subject to hydrolysis) is 1. The van der Waals surface area contributed by atoms with Gasteiger partial charge < -0.3 is 19.5 Å². The van der Waals surface area contributed by atoms with Crippen molar-refractivity contribution in [2.75, 3.05) is 33.2 Å². The monoisotopic (exact) mass is 439 g/mol. The minimum absolute atomic E-state index is 0.0545. The van der Waals surface area contributed by atoms with E-state index in [1.807, 2.05) is 53.5 Å². The van der Waals surface area contributed by atoms with Crippen LogP contribution in [-0.4, -0.2) is 71.2 Å². The molecule has 1 atom stereocenters. The summed E-state index contributed by atoms with van der Waals surface area (Å²) < 4.78 is 7.48. The Morgan fingerprint density at radius 1 is 1.17 bits per heavy atom. The van der Waals surface area contributed by atoms with Gasteiger partial charge in [-0.15, -0.1) is 11.3 Å². The lowest BCUT2D eigenvalue weighted by molar-refractivity contribution is -0.138. The third-order valence-corrected chi connectivity index (χ3v) is 6.11. The van der Waals surface area contributed by atoms with E-state index < -0.39 is 23.2 Å². The zero-order chi connectivity index (χ0) is 22.7. The van der Waals surface area contributed by atoms with Crippen molar-refractivity contribution in [3.05, 3.63) is 15.9 Å². The van der Waals surface area contributed by atoms with Crippen LogP contribution in [0.1, 0.15) is 47.2 Å². The molecular formula is C21H37N5O3S. The van der Waals surface area contributed by atoms with E-state index >= 15 is 0 Å². The minimum atomic E-state index is -0.637. The van der Waals surface area contributed by atoms with Crippen molar-refractivity contribution < 1.29 is 14.3 Å². The first-order chi connectivity index (χ1) is 13.8. The van der Waals surface area contributed by atoms with E-state index in [0.717, 1.165) is 24.4 Å². The van der Waals surface area contributed by atoms with Gasteiger partial charge in [0.05, 0.1) is 0 Å². The zero-order valence-corrected chi connectivity index (χ0v) is 20.4. The first-order valence-electron chi connectivity index (χ1n) is 10.4. The Bertz CT molecular complexity index is 808. The van der Waals surface area contributed by atoms with Gasteiger partial charge in [-0.3, -0.25) is 14.7 Å². The van der Waals surface area contributed by atoms with Gasteiger partial charge in [-0.2, -0.15) is 0 Å². The predicted octanol–water partition coefficient (Wildman–Crippen LogP) is 2.20. The molecule has 0 bridgehead atoms. The van der Waals surface area contributed by atoms with Crippen molar-refractivity contribution >= 4 is 23.3 Å². The average molecular weight is 440 g/mol. The van der Waals surface area contributed by atoms with Crippen LogP contribution in [0.5, 0.6) is 0 Å². The number of carbonyl (C=O) groups is 2. The van der Waals surface area contributed by atoms with Crippen molar-refractivity contribution in [3.8, 4) is 0 Å². The maximum Gasteiger partial charge on any atom is 0.408 e. The molecule has 0 aromatic carbocycles. The lowest BCUT2D eigenvalue weighted by Gasteiger charge is -2.39. The van der Waals surface area contributed by atoms with Gasteiger partial charge in [0, 0.05) is 57.9 Å². The van der Waals surface area contributed by atoms with E-state index in [1.165, 1.54) is 5.69 Å². The summed E-state index contributed by atoms with van der Waals surface area (Å²) in [7, 11) is 3.83. The molecule has 0 unspecified atom stereocenters. The Kier molecular flexibility index (Phi) is 7.74. The molecule has 2 heterocycles. The summed E-state index contributed by atoms with van der Waals surface area (Å²) >= 11 is 1.64. The van der Waals surface area contributed by atoms with Crippen LogP contribution in [-0.2, 0) is 23.1 Å². The second-order valence-electron chi connectivity index (χ2n) is 9.84. The van der Waals surface area contributed by atoms with E-state index in [4.69, 9.17) is 4.74 Å². The fourth-order valence-electron chi connectivity index (χ4n) is 3.36. The molecule has 1 aromatic heterocycles. The van der Waals surface area contributed by atoms with Crippen molar-refractivity contribution in [2.45, 2.75) is 59.7 Å². The second kappa shape index (κ2) is 9.51. The van der Waals surface area contributed by atoms with Gasteiger partial charge in [-0.1, -0.05) is 20.8 Å². The number of hydrogen-bond donors (Lipinski definition) is 1. The molecule has 1 fully saturated rings. The molecule has 1 aromatic rings. The molecule has 0 spiro atoms. The largest absolute Gasteiger partial charge is 0.444 e. The maximum absolute atomic E-state index is 13.2. The Morgan fingerprint density at radius 3 is 2.23 bits per heavy atom. The third-order valence-electron chi connectivity index (χ3n) is 5.05. The number of amides is 2. The van der Waals surface area contributed by atoms with E-state index in [2.05, 4.69) is 25.2 Å². The Morgan fingerprint density at radius 2 is 1.77 bits per heavy atom. The van der Waals surface area contributed by atoms with Crippen LogP contribution in [0.15, 0.2) is 10.4 Å². The highest BCUT2D eigenvalue weighted by molar-refractivity contribution is 7.07. The van der Waals surface area contributed by atoms with Crippen LogP contribution in [0.25, 0.3) is 0 Å². The molecule has 1 aliphatic heterocycles. The van der Waals surface area contributed by atoms with Gasteiger partial charge in [0.2, 0.25) is 5.91 Å². The Labute approximate surface area is 183 Å². The molecule has 0 saturated carbocycles. The summed E-state index contributed by atoms with van der Waals surface area (Å²) in [6, 6.07) is -0.637. The molecule has 0 radical (unpaired) electrons. The van der Waals surface area contributed by atoms with E-state index in [-0.39, 0.29) is 5.91 Å². The molecule has 1 N–H and O–H groups in total. The van der Waals surface area contributed by atoms with Crippen molar-refractivity contribution in [3.63, 3.8) is 0 Å². The molecular weight excluding hydrogens is 402 g/mol. The van der Waals surface area contributed by atoms with Gasteiger partial charge in [-0.25, -0.2) is 4.79 Å². The van der Waals surface area contributed by atoms with E-state index in [1.54, 1.807) is 18.4 Å². The number of nitrogens with one attached hydrogen (secondary N) is 1. The van der Waals surface area contributed by atoms with Crippen molar-refractivity contribution in [2.24, 2.45) is 17.5 Å². The summed E-state index contributed by atoms with van der Waals surface area (Å²) in [4.78, 5) is 35.0. The molecule has 1 saturated heterocycles. The smallest absolute Gasteiger partial charge is 0.408 e. The summed E-state index contributed by atoms with van der Waals surface area (Å²) in [5.41, 5.74) is 0.194. The Hall–Kier alpha value is -1.87. The van der Waals surface area contributed by atoms with E-state index in [9.17, 15) is 9.59 Å². The number of carbonyl (C=O) groups excluding carboxylic acids is 2. The lowest BCUT2D eigenvalue weighted by atomic mass is 9.85. The lowest BCUT2D eigenvalue weighted by Crippen LogP contribution is -2.58. The standard InChI is InChI=1S/C21H37N5O3S/c1-20(2,3)16(23-19(28)29-21(4,5)6)17(27)26-11-9-25(10-12-26)13-15-14-30-18(22-7)24(15)8/h14,16H,9-13H2,1-8H3,(H,23,28)/t16-/m0/s1. The topological polar surface area (TPSA) is 79.2 Å². The quantitative estimate of drug-likeness (QED) is 0.780. The maximum atomic E-state index is 13.2. The zero-order valence-electron chi connectivity index (χ0n) is 19.6. The average Bonchev–Trinajstić information content (AvgIpc) is 2.97. The minimum Gasteiger partial charge on any atom is -0.444 e. The van der Waals surface area contributed by atoms with Gasteiger partial charge in [0.25, 0.3) is 0 Å². The van der Waals surface area contributed by atoms with Crippen LogP contribution in [0, 0.1) is 5.41 Å². The number of hydrogen-bond acceptors (Lipinski definition) is 6.